The summed E-state index contributed by atoms with van der Waals surface area (Å²) in [6.45, 7) is 11.3. The number of benzene rings is 3. The van der Waals surface area contributed by atoms with Gasteiger partial charge < -0.3 is 15.0 Å². The minimum absolute atomic E-state index is 0.0171. The van der Waals surface area contributed by atoms with Crippen LogP contribution in [0.5, 0.6) is 5.75 Å². The Morgan fingerprint density at radius 3 is 2.12 bits per heavy atom. The smallest absolute Gasteiger partial charge is 0.264 e. The van der Waals surface area contributed by atoms with Gasteiger partial charge in [-0.15, -0.1) is 0 Å². The number of ether oxygens (including phenoxy) is 1. The normalized spacial score (nSPS) is 12.4. The Labute approximate surface area is 254 Å². The van der Waals surface area contributed by atoms with Crippen LogP contribution in [0, 0.1) is 6.92 Å². The number of nitrogens with one attached hydrogen (secondary N) is 1. The van der Waals surface area contributed by atoms with Crippen LogP contribution in [0.25, 0.3) is 0 Å². The quantitative estimate of drug-likeness (QED) is 0.272. The molecule has 0 heterocycles. The predicted octanol–water partition coefficient (Wildman–Crippen LogP) is 5.96. The number of amides is 2. The minimum Gasteiger partial charge on any atom is -0.494 e. The number of nitrogens with zero attached hydrogens (tertiary/aromatic N) is 2. The highest BCUT2D eigenvalue weighted by Crippen LogP contribution is 2.28. The lowest BCUT2D eigenvalue weighted by atomic mass is 10.0. The molecule has 0 fully saturated rings. The number of carbonyl (C=O) groups excluding carboxylic acids is 2. The first-order chi connectivity index (χ1) is 19.8. The summed E-state index contributed by atoms with van der Waals surface area (Å²) in [7, 11) is -4.20. The molecule has 0 aliphatic carbocycles. The number of sulfonamides is 1. The topological polar surface area (TPSA) is 96.0 Å². The summed E-state index contributed by atoms with van der Waals surface area (Å²) in [4.78, 5) is 29.1. The average Bonchev–Trinajstić information content (AvgIpc) is 2.92. The van der Waals surface area contributed by atoms with Crippen molar-refractivity contribution in [2.24, 2.45) is 0 Å². The number of halogens is 1. The molecule has 3 aromatic carbocycles. The summed E-state index contributed by atoms with van der Waals surface area (Å²) in [5.41, 5.74) is 1.58. The van der Waals surface area contributed by atoms with Gasteiger partial charge in [0.15, 0.2) is 0 Å². The van der Waals surface area contributed by atoms with E-state index in [2.05, 4.69) is 5.32 Å². The second-order valence-corrected chi connectivity index (χ2v) is 13.3. The third kappa shape index (κ3) is 8.49. The molecular weight excluding hydrogens is 574 g/mol. The van der Waals surface area contributed by atoms with E-state index in [0.29, 0.717) is 23.8 Å². The van der Waals surface area contributed by atoms with Crippen LogP contribution in [0.4, 0.5) is 5.69 Å². The maximum atomic E-state index is 14.2. The number of anilines is 1. The van der Waals surface area contributed by atoms with Crippen molar-refractivity contribution in [3.05, 3.63) is 88.9 Å². The molecule has 1 atom stereocenters. The van der Waals surface area contributed by atoms with Crippen LogP contribution in [-0.2, 0) is 26.2 Å². The van der Waals surface area contributed by atoms with Crippen LogP contribution in [0.15, 0.2) is 77.7 Å². The Hall–Kier alpha value is -3.56. The van der Waals surface area contributed by atoms with E-state index in [9.17, 15) is 18.0 Å². The van der Waals surface area contributed by atoms with Crippen LogP contribution < -0.4 is 14.4 Å². The van der Waals surface area contributed by atoms with Gasteiger partial charge in [-0.2, -0.15) is 0 Å². The second kappa shape index (κ2) is 14.1. The molecule has 42 heavy (non-hydrogen) atoms. The molecule has 0 saturated carbocycles. The summed E-state index contributed by atoms with van der Waals surface area (Å²) in [6, 6.07) is 19.1. The first kappa shape index (κ1) is 32.9. The third-order valence-corrected chi connectivity index (χ3v) is 8.64. The molecule has 0 aliphatic rings. The Balaban J connectivity index is 2.08. The highest BCUT2D eigenvalue weighted by atomic mass is 35.5. The van der Waals surface area contributed by atoms with E-state index in [4.69, 9.17) is 16.3 Å². The zero-order chi connectivity index (χ0) is 31.1. The Morgan fingerprint density at radius 2 is 1.57 bits per heavy atom. The van der Waals surface area contributed by atoms with E-state index in [1.807, 2.05) is 65.8 Å². The molecule has 0 spiro atoms. The second-order valence-electron chi connectivity index (χ2n) is 11.0. The zero-order valence-corrected chi connectivity index (χ0v) is 26.6. The van der Waals surface area contributed by atoms with Gasteiger partial charge in [0.2, 0.25) is 11.8 Å². The van der Waals surface area contributed by atoms with E-state index >= 15 is 0 Å². The van der Waals surface area contributed by atoms with E-state index < -0.39 is 34.1 Å². The minimum atomic E-state index is -4.20. The Morgan fingerprint density at radius 1 is 0.952 bits per heavy atom. The predicted molar refractivity (Wildman–Crippen MR) is 167 cm³/mol. The fraction of sp³-hybridized carbons (Fsp3) is 0.375. The van der Waals surface area contributed by atoms with E-state index in [-0.39, 0.29) is 23.0 Å². The molecule has 1 unspecified atom stereocenters. The third-order valence-electron chi connectivity index (χ3n) is 6.60. The summed E-state index contributed by atoms with van der Waals surface area (Å²) < 4.78 is 34.6. The van der Waals surface area contributed by atoms with Gasteiger partial charge in [0.1, 0.15) is 18.3 Å². The van der Waals surface area contributed by atoms with Gasteiger partial charge in [-0.25, -0.2) is 8.42 Å². The molecule has 3 rings (SSSR count). The van der Waals surface area contributed by atoms with E-state index in [1.165, 1.54) is 29.2 Å². The van der Waals surface area contributed by atoms with Crippen LogP contribution in [-0.4, -0.2) is 49.9 Å². The Bertz CT molecular complexity index is 1470. The molecular formula is C32H40ClN3O5S. The standard InChI is InChI=1S/C32H40ClN3O5S/c1-7-29(31(38)34-32(4,5)6)35(21-24-12-10-9-11-23(24)3)30(37)22-36(26-15-17-27(18-16-26)41-8-2)42(39,40)28-19-13-25(33)14-20-28/h9-20,29H,7-8,21-22H2,1-6H3,(H,34,38). The van der Waals surface area contributed by atoms with Gasteiger partial charge in [-0.3, -0.25) is 13.9 Å². The largest absolute Gasteiger partial charge is 0.494 e. The molecule has 10 heteroatoms. The molecule has 3 aromatic rings. The molecule has 0 radical (unpaired) electrons. The van der Waals surface area contributed by atoms with Gasteiger partial charge in [0.25, 0.3) is 10.0 Å². The van der Waals surface area contributed by atoms with Crippen molar-refractivity contribution in [3.8, 4) is 5.75 Å². The van der Waals surface area contributed by atoms with Gasteiger partial charge in [0.05, 0.1) is 17.2 Å². The molecule has 226 valence electrons. The van der Waals surface area contributed by atoms with Crippen LogP contribution in [0.1, 0.15) is 52.2 Å². The number of aryl methyl sites for hydroxylation is 1. The van der Waals surface area contributed by atoms with Crippen molar-refractivity contribution in [2.45, 2.75) is 71.0 Å². The lowest BCUT2D eigenvalue weighted by Gasteiger charge is -2.35. The van der Waals surface area contributed by atoms with Crippen LogP contribution in [0.3, 0.4) is 0 Å². The molecule has 0 aromatic heterocycles. The lowest BCUT2D eigenvalue weighted by molar-refractivity contribution is -0.141. The molecule has 2 amide bonds. The first-order valence-electron chi connectivity index (χ1n) is 13.9. The van der Waals surface area contributed by atoms with Crippen molar-refractivity contribution >= 4 is 39.1 Å². The number of rotatable bonds is 12. The van der Waals surface area contributed by atoms with Gasteiger partial charge in [-0.05, 0) is 101 Å². The monoisotopic (exact) mass is 613 g/mol. The van der Waals surface area contributed by atoms with Gasteiger partial charge in [-0.1, -0.05) is 42.8 Å². The van der Waals surface area contributed by atoms with Crippen LogP contribution in [0.2, 0.25) is 5.02 Å². The summed E-state index contributed by atoms with van der Waals surface area (Å²) in [5.74, 6) is -0.247. The summed E-state index contributed by atoms with van der Waals surface area (Å²) in [6.07, 6.45) is 0.340. The fourth-order valence-corrected chi connectivity index (χ4v) is 6.02. The molecule has 8 nitrogen and oxygen atoms in total. The summed E-state index contributed by atoms with van der Waals surface area (Å²) >= 11 is 6.03. The fourth-order valence-electron chi connectivity index (χ4n) is 4.48. The van der Waals surface area contributed by atoms with Crippen molar-refractivity contribution in [1.82, 2.24) is 10.2 Å². The molecule has 0 aliphatic heterocycles. The van der Waals surface area contributed by atoms with Gasteiger partial charge >= 0.3 is 0 Å². The molecule has 0 bridgehead atoms. The van der Waals surface area contributed by atoms with Crippen molar-refractivity contribution in [2.75, 3.05) is 17.5 Å². The first-order valence-corrected chi connectivity index (χ1v) is 15.8. The molecule has 0 saturated heterocycles. The highest BCUT2D eigenvalue weighted by molar-refractivity contribution is 7.92. The molecule has 1 N–H and O–H groups in total. The van der Waals surface area contributed by atoms with Gasteiger partial charge in [0, 0.05) is 17.1 Å². The SMILES string of the molecule is CCOc1ccc(N(CC(=O)N(Cc2ccccc2C)C(CC)C(=O)NC(C)(C)C)S(=O)(=O)c2ccc(Cl)cc2)cc1. The van der Waals surface area contributed by atoms with Crippen LogP contribution >= 0.6 is 11.6 Å². The summed E-state index contributed by atoms with van der Waals surface area (Å²) in [5, 5.41) is 3.37. The van der Waals surface area contributed by atoms with E-state index in [1.54, 1.807) is 24.3 Å². The van der Waals surface area contributed by atoms with Crippen molar-refractivity contribution < 1.29 is 22.7 Å². The zero-order valence-electron chi connectivity index (χ0n) is 25.1. The Kier molecular flexibility index (Phi) is 11.0. The number of hydrogen-bond donors (Lipinski definition) is 1. The maximum absolute atomic E-state index is 14.2. The lowest BCUT2D eigenvalue weighted by Crippen LogP contribution is -2.55. The maximum Gasteiger partial charge on any atom is 0.264 e. The number of carbonyl (C=O) groups is 2. The average molecular weight is 614 g/mol. The van der Waals surface area contributed by atoms with Crippen molar-refractivity contribution in [1.29, 1.82) is 0 Å². The van der Waals surface area contributed by atoms with E-state index in [0.717, 1.165) is 15.4 Å². The highest BCUT2D eigenvalue weighted by Gasteiger charge is 2.34. The number of hydrogen-bond acceptors (Lipinski definition) is 5. The van der Waals surface area contributed by atoms with Crippen molar-refractivity contribution in [3.63, 3.8) is 0 Å².